The fourth-order valence-corrected chi connectivity index (χ4v) is 2.27. The van der Waals surface area contributed by atoms with Crippen LogP contribution >= 0.6 is 0 Å². The number of nitrogens with two attached hydrogens (primary N) is 1. The summed E-state index contributed by atoms with van der Waals surface area (Å²) >= 11 is 0. The molecule has 3 nitrogen and oxygen atoms in total. The Hall–Kier alpha value is -0.120. The Bertz CT molecular complexity index is 152. The maximum atomic E-state index is 5.54. The molecule has 3 heteroatoms. The van der Waals surface area contributed by atoms with Crippen LogP contribution in [0, 0.1) is 11.8 Å². The van der Waals surface area contributed by atoms with E-state index in [1.54, 1.807) is 7.11 Å². The number of ether oxygens (including phenoxy) is 1. The average molecular weight is 200 g/mol. The molecule has 2 unspecified atom stereocenters. The second kappa shape index (κ2) is 6.38. The highest BCUT2D eigenvalue weighted by Gasteiger charge is 2.22. The zero-order chi connectivity index (χ0) is 10.4. The van der Waals surface area contributed by atoms with Crippen molar-refractivity contribution in [3.05, 3.63) is 0 Å². The monoisotopic (exact) mass is 200 g/mol. The predicted octanol–water partition coefficient (Wildman–Crippen LogP) is 0.940. The second-order valence-corrected chi connectivity index (χ2v) is 4.55. The average Bonchev–Trinajstić information content (AvgIpc) is 2.53. The summed E-state index contributed by atoms with van der Waals surface area (Å²) in [6.45, 7) is 7.68. The highest BCUT2D eigenvalue weighted by Crippen LogP contribution is 2.18. The smallest absolute Gasteiger partial charge is 0.0503 e. The van der Waals surface area contributed by atoms with Crippen molar-refractivity contribution in [2.24, 2.45) is 17.6 Å². The van der Waals surface area contributed by atoms with E-state index in [1.807, 2.05) is 0 Å². The number of hydrogen-bond acceptors (Lipinski definition) is 3. The molecule has 1 heterocycles. The lowest BCUT2D eigenvalue weighted by Crippen LogP contribution is -2.28. The minimum Gasteiger partial charge on any atom is -0.384 e. The molecule has 84 valence electrons. The molecule has 2 atom stereocenters. The summed E-state index contributed by atoms with van der Waals surface area (Å²) in [5, 5.41) is 0. The van der Waals surface area contributed by atoms with Crippen LogP contribution in [0.25, 0.3) is 0 Å². The van der Waals surface area contributed by atoms with Gasteiger partial charge in [0.05, 0.1) is 6.61 Å². The normalized spacial score (nSPS) is 25.5. The van der Waals surface area contributed by atoms with Gasteiger partial charge in [-0.15, -0.1) is 0 Å². The van der Waals surface area contributed by atoms with Crippen LogP contribution in [0.15, 0.2) is 0 Å². The number of methoxy groups -OCH3 is 1. The molecule has 0 bridgehead atoms. The number of nitrogens with zero attached hydrogens (tertiary/aromatic N) is 1. The molecule has 2 N–H and O–H groups in total. The van der Waals surface area contributed by atoms with E-state index in [4.69, 9.17) is 10.5 Å². The van der Waals surface area contributed by atoms with Gasteiger partial charge < -0.3 is 15.4 Å². The summed E-state index contributed by atoms with van der Waals surface area (Å²) < 4.78 is 5.18. The van der Waals surface area contributed by atoms with E-state index >= 15 is 0 Å². The fraction of sp³-hybridized carbons (Fsp3) is 1.00. The van der Waals surface area contributed by atoms with Crippen molar-refractivity contribution >= 4 is 0 Å². The lowest BCUT2D eigenvalue weighted by Gasteiger charge is -2.20. The summed E-state index contributed by atoms with van der Waals surface area (Å²) in [6.07, 6.45) is 2.44. The van der Waals surface area contributed by atoms with Crippen molar-refractivity contribution in [2.45, 2.75) is 19.8 Å². The van der Waals surface area contributed by atoms with Crippen molar-refractivity contribution in [3.63, 3.8) is 0 Å². The van der Waals surface area contributed by atoms with Crippen molar-refractivity contribution in [2.75, 3.05) is 39.9 Å². The molecule has 0 aliphatic carbocycles. The first-order valence-corrected chi connectivity index (χ1v) is 5.67. The van der Waals surface area contributed by atoms with Gasteiger partial charge in [0.1, 0.15) is 0 Å². The molecule has 0 radical (unpaired) electrons. The fourth-order valence-electron chi connectivity index (χ4n) is 2.27. The number of likely N-dealkylation sites (tertiary alicyclic amines) is 1. The molecule has 0 aromatic heterocycles. The summed E-state index contributed by atoms with van der Waals surface area (Å²) in [5.74, 6) is 1.49. The van der Waals surface area contributed by atoms with E-state index in [0.29, 0.717) is 0 Å². The highest BCUT2D eigenvalue weighted by atomic mass is 16.5. The van der Waals surface area contributed by atoms with Gasteiger partial charge in [0.15, 0.2) is 0 Å². The second-order valence-electron chi connectivity index (χ2n) is 4.55. The Morgan fingerprint density at radius 2 is 2.36 bits per heavy atom. The maximum Gasteiger partial charge on any atom is 0.0503 e. The lowest BCUT2D eigenvalue weighted by molar-refractivity contribution is 0.151. The summed E-state index contributed by atoms with van der Waals surface area (Å²) in [7, 11) is 1.79. The molecule has 0 amide bonds. The molecule has 0 spiro atoms. The molecular formula is C11H24N2O. The quantitative estimate of drug-likeness (QED) is 0.693. The van der Waals surface area contributed by atoms with Crippen LogP contribution in [0.3, 0.4) is 0 Å². The SMILES string of the molecule is COCC1CCN(CC(C)CCN)C1. The van der Waals surface area contributed by atoms with Gasteiger partial charge in [-0.2, -0.15) is 0 Å². The van der Waals surface area contributed by atoms with Crippen LogP contribution < -0.4 is 5.73 Å². The summed E-state index contributed by atoms with van der Waals surface area (Å²) in [6, 6.07) is 0. The van der Waals surface area contributed by atoms with Crippen molar-refractivity contribution < 1.29 is 4.74 Å². The van der Waals surface area contributed by atoms with Crippen LogP contribution in [0.1, 0.15) is 19.8 Å². The Morgan fingerprint density at radius 1 is 1.57 bits per heavy atom. The van der Waals surface area contributed by atoms with Gasteiger partial charge in [0.25, 0.3) is 0 Å². The van der Waals surface area contributed by atoms with Crippen LogP contribution in [-0.4, -0.2) is 44.8 Å². The Balaban J connectivity index is 2.15. The van der Waals surface area contributed by atoms with Gasteiger partial charge in [0, 0.05) is 20.2 Å². The minimum atomic E-state index is 0.737. The first-order chi connectivity index (χ1) is 6.76. The summed E-state index contributed by atoms with van der Waals surface area (Å²) in [5.41, 5.74) is 5.54. The molecule has 1 saturated heterocycles. The van der Waals surface area contributed by atoms with E-state index in [1.165, 1.54) is 26.1 Å². The lowest BCUT2D eigenvalue weighted by atomic mass is 10.1. The Kier molecular flexibility index (Phi) is 5.45. The van der Waals surface area contributed by atoms with Gasteiger partial charge >= 0.3 is 0 Å². The van der Waals surface area contributed by atoms with Gasteiger partial charge in [-0.1, -0.05) is 6.92 Å². The van der Waals surface area contributed by atoms with E-state index in [9.17, 15) is 0 Å². The van der Waals surface area contributed by atoms with Gasteiger partial charge in [-0.05, 0) is 37.8 Å². The number of hydrogen-bond donors (Lipinski definition) is 1. The molecule has 1 rings (SSSR count). The Morgan fingerprint density at radius 3 is 3.00 bits per heavy atom. The van der Waals surface area contributed by atoms with Crippen LogP contribution in [0.5, 0.6) is 0 Å². The topological polar surface area (TPSA) is 38.5 Å². The third-order valence-corrected chi connectivity index (χ3v) is 3.00. The molecule has 1 aliphatic heterocycles. The van der Waals surface area contributed by atoms with Crippen molar-refractivity contribution in [3.8, 4) is 0 Å². The van der Waals surface area contributed by atoms with Gasteiger partial charge in [-0.25, -0.2) is 0 Å². The first-order valence-electron chi connectivity index (χ1n) is 5.67. The molecule has 0 aromatic rings. The third-order valence-electron chi connectivity index (χ3n) is 3.00. The van der Waals surface area contributed by atoms with E-state index < -0.39 is 0 Å². The van der Waals surface area contributed by atoms with Gasteiger partial charge in [0.2, 0.25) is 0 Å². The van der Waals surface area contributed by atoms with E-state index in [0.717, 1.165) is 31.4 Å². The van der Waals surface area contributed by atoms with Gasteiger partial charge in [-0.3, -0.25) is 0 Å². The number of rotatable bonds is 6. The van der Waals surface area contributed by atoms with Crippen molar-refractivity contribution in [1.29, 1.82) is 0 Å². The third kappa shape index (κ3) is 3.95. The van der Waals surface area contributed by atoms with E-state index in [2.05, 4.69) is 11.8 Å². The molecular weight excluding hydrogens is 176 g/mol. The van der Waals surface area contributed by atoms with Crippen LogP contribution in [0.4, 0.5) is 0 Å². The zero-order valence-electron chi connectivity index (χ0n) is 9.54. The zero-order valence-corrected chi connectivity index (χ0v) is 9.54. The van der Waals surface area contributed by atoms with Crippen LogP contribution in [-0.2, 0) is 4.74 Å². The predicted molar refractivity (Wildman–Crippen MR) is 59.3 cm³/mol. The molecule has 14 heavy (non-hydrogen) atoms. The highest BCUT2D eigenvalue weighted by molar-refractivity contribution is 4.76. The largest absolute Gasteiger partial charge is 0.384 e. The molecule has 0 saturated carbocycles. The van der Waals surface area contributed by atoms with E-state index in [-0.39, 0.29) is 0 Å². The molecule has 1 aliphatic rings. The molecule has 1 fully saturated rings. The van der Waals surface area contributed by atoms with Crippen molar-refractivity contribution in [1.82, 2.24) is 4.90 Å². The van der Waals surface area contributed by atoms with Crippen LogP contribution in [0.2, 0.25) is 0 Å². The standard InChI is InChI=1S/C11H24N2O/c1-10(3-5-12)7-13-6-4-11(8-13)9-14-2/h10-11H,3-9,12H2,1-2H3. The maximum absolute atomic E-state index is 5.54. The molecule has 0 aromatic carbocycles. The first kappa shape index (κ1) is 12.0. The Labute approximate surface area is 87.6 Å². The summed E-state index contributed by atoms with van der Waals surface area (Å²) in [4.78, 5) is 2.55. The minimum absolute atomic E-state index is 0.737.